The van der Waals surface area contributed by atoms with Gasteiger partial charge in [0, 0.05) is 16.7 Å². The lowest BCUT2D eigenvalue weighted by Crippen LogP contribution is -2.54. The van der Waals surface area contributed by atoms with Crippen LogP contribution in [-0.2, 0) is 16.2 Å². The molecule has 0 bridgehead atoms. The van der Waals surface area contributed by atoms with Crippen LogP contribution in [0.15, 0.2) is 72.3 Å². The van der Waals surface area contributed by atoms with Crippen molar-refractivity contribution in [3.05, 3.63) is 98.6 Å². The summed E-state index contributed by atoms with van der Waals surface area (Å²) in [6, 6.07) is 17.5. The van der Waals surface area contributed by atoms with Crippen molar-refractivity contribution < 1.29 is 24.0 Å². The Balaban J connectivity index is 1.64. The summed E-state index contributed by atoms with van der Waals surface area (Å²) in [7, 11) is 1.48. The average Bonchev–Trinajstić information content (AvgIpc) is 2.86. The van der Waals surface area contributed by atoms with Crippen molar-refractivity contribution >= 4 is 58.2 Å². The van der Waals surface area contributed by atoms with E-state index in [-0.39, 0.29) is 28.7 Å². The van der Waals surface area contributed by atoms with E-state index in [1.807, 2.05) is 0 Å². The number of nitro benzene ring substituents is 1. The van der Waals surface area contributed by atoms with Gasteiger partial charge < -0.3 is 9.47 Å². The van der Waals surface area contributed by atoms with Gasteiger partial charge in [0.25, 0.3) is 11.8 Å². The normalized spacial score (nSPS) is 14.6. The standard InChI is InChI=1S/C25H18ClN3O6S/c1-34-21-11-6-15(12-16(21)14-35-22-5-3-2-4-20(22)29(32)33)13-19-23(30)27-25(36)28(24(19)31)18-9-7-17(26)8-10-18/h2-13H,14H2,1H3,(H,27,30,36). The van der Waals surface area contributed by atoms with Crippen molar-refractivity contribution in [2.45, 2.75) is 6.61 Å². The molecule has 0 aliphatic carbocycles. The van der Waals surface area contributed by atoms with Crippen molar-refractivity contribution in [1.82, 2.24) is 5.32 Å². The number of nitro groups is 1. The minimum absolute atomic E-state index is 0.0438. The van der Waals surface area contributed by atoms with Crippen LogP contribution in [0.25, 0.3) is 6.08 Å². The van der Waals surface area contributed by atoms with E-state index in [0.717, 1.165) is 0 Å². The van der Waals surface area contributed by atoms with Crippen LogP contribution in [0.2, 0.25) is 5.02 Å². The number of hydrogen-bond donors (Lipinski definition) is 1. The van der Waals surface area contributed by atoms with Crippen molar-refractivity contribution in [1.29, 1.82) is 0 Å². The summed E-state index contributed by atoms with van der Waals surface area (Å²) in [6.07, 6.45) is 1.43. The highest BCUT2D eigenvalue weighted by molar-refractivity contribution is 7.80. The molecule has 3 aromatic carbocycles. The molecule has 9 nitrogen and oxygen atoms in total. The highest BCUT2D eigenvalue weighted by Crippen LogP contribution is 2.29. The molecule has 0 atom stereocenters. The van der Waals surface area contributed by atoms with Gasteiger partial charge in [-0.05, 0) is 66.3 Å². The van der Waals surface area contributed by atoms with E-state index in [1.54, 1.807) is 54.6 Å². The maximum atomic E-state index is 13.2. The maximum absolute atomic E-state index is 13.2. The molecule has 3 aromatic rings. The number of benzene rings is 3. The zero-order valence-electron chi connectivity index (χ0n) is 18.8. The fraction of sp³-hybridized carbons (Fsp3) is 0.0800. The summed E-state index contributed by atoms with van der Waals surface area (Å²) >= 11 is 11.1. The number of methoxy groups -OCH3 is 1. The number of carbonyl (C=O) groups excluding carboxylic acids is 2. The lowest BCUT2D eigenvalue weighted by atomic mass is 10.0. The molecule has 1 saturated heterocycles. The minimum atomic E-state index is -0.635. The first-order valence-electron chi connectivity index (χ1n) is 10.5. The van der Waals surface area contributed by atoms with Gasteiger partial charge in [0.15, 0.2) is 10.9 Å². The van der Waals surface area contributed by atoms with Crippen molar-refractivity contribution in [3.8, 4) is 11.5 Å². The number of carbonyl (C=O) groups is 2. The number of nitrogens with one attached hydrogen (secondary N) is 1. The molecule has 1 N–H and O–H groups in total. The molecule has 1 heterocycles. The Kier molecular flexibility index (Phi) is 7.28. The number of para-hydroxylation sites is 2. The van der Waals surface area contributed by atoms with Crippen LogP contribution >= 0.6 is 23.8 Å². The van der Waals surface area contributed by atoms with Gasteiger partial charge in [-0.15, -0.1) is 0 Å². The first kappa shape index (κ1) is 24.8. The summed E-state index contributed by atoms with van der Waals surface area (Å²) in [4.78, 5) is 37.8. The van der Waals surface area contributed by atoms with Crippen LogP contribution in [0.4, 0.5) is 11.4 Å². The van der Waals surface area contributed by atoms with E-state index in [0.29, 0.717) is 27.6 Å². The van der Waals surface area contributed by atoms with Gasteiger partial charge in [0.05, 0.1) is 17.7 Å². The van der Waals surface area contributed by atoms with Gasteiger partial charge in [0.1, 0.15) is 17.9 Å². The van der Waals surface area contributed by atoms with E-state index in [2.05, 4.69) is 5.32 Å². The smallest absolute Gasteiger partial charge is 0.310 e. The van der Waals surface area contributed by atoms with Crippen LogP contribution in [0.3, 0.4) is 0 Å². The van der Waals surface area contributed by atoms with Crippen LogP contribution < -0.4 is 19.7 Å². The fourth-order valence-electron chi connectivity index (χ4n) is 3.54. The molecule has 2 amide bonds. The van der Waals surface area contributed by atoms with Crippen LogP contribution in [0, 0.1) is 10.1 Å². The molecule has 36 heavy (non-hydrogen) atoms. The van der Waals surface area contributed by atoms with Gasteiger partial charge in [-0.25, -0.2) is 0 Å². The average molecular weight is 524 g/mol. The van der Waals surface area contributed by atoms with Gasteiger partial charge in [0.2, 0.25) is 0 Å². The second-order valence-electron chi connectivity index (χ2n) is 7.52. The first-order valence-corrected chi connectivity index (χ1v) is 11.3. The molecule has 1 aliphatic heterocycles. The Morgan fingerprint density at radius 3 is 2.50 bits per heavy atom. The molecule has 1 aliphatic rings. The minimum Gasteiger partial charge on any atom is -0.496 e. The lowest BCUT2D eigenvalue weighted by Gasteiger charge is -2.29. The van der Waals surface area contributed by atoms with Crippen LogP contribution in [0.1, 0.15) is 11.1 Å². The Morgan fingerprint density at radius 1 is 1.08 bits per heavy atom. The largest absolute Gasteiger partial charge is 0.496 e. The van der Waals surface area contributed by atoms with Gasteiger partial charge in [-0.2, -0.15) is 0 Å². The number of ether oxygens (including phenoxy) is 2. The molecule has 0 aromatic heterocycles. The van der Waals surface area contributed by atoms with Crippen molar-refractivity contribution in [3.63, 3.8) is 0 Å². The number of anilines is 1. The molecule has 11 heteroatoms. The summed E-state index contributed by atoms with van der Waals surface area (Å²) < 4.78 is 11.1. The number of thiocarbonyl (C=S) groups is 1. The number of rotatable bonds is 7. The number of nitrogens with zero attached hydrogens (tertiary/aromatic N) is 2. The second kappa shape index (κ2) is 10.5. The quantitative estimate of drug-likeness (QED) is 0.157. The highest BCUT2D eigenvalue weighted by atomic mass is 35.5. The molecule has 1 fully saturated rings. The number of amides is 2. The predicted octanol–water partition coefficient (Wildman–Crippen LogP) is 4.67. The summed E-state index contributed by atoms with van der Waals surface area (Å²) in [5.41, 5.74) is 1.22. The Hall–Kier alpha value is -4.28. The van der Waals surface area contributed by atoms with Crippen molar-refractivity contribution in [2.24, 2.45) is 0 Å². The molecule has 0 saturated carbocycles. The number of hydrogen-bond acceptors (Lipinski definition) is 7. The van der Waals surface area contributed by atoms with E-state index in [1.165, 1.54) is 30.2 Å². The highest BCUT2D eigenvalue weighted by Gasteiger charge is 2.34. The third-order valence-electron chi connectivity index (χ3n) is 5.25. The second-order valence-corrected chi connectivity index (χ2v) is 8.34. The number of halogens is 1. The molecule has 0 spiro atoms. The molecular weight excluding hydrogens is 506 g/mol. The van der Waals surface area contributed by atoms with Gasteiger partial charge in [-0.1, -0.05) is 29.8 Å². The Morgan fingerprint density at radius 2 is 1.81 bits per heavy atom. The van der Waals surface area contributed by atoms with E-state index in [9.17, 15) is 19.7 Å². The topological polar surface area (TPSA) is 111 Å². The Bertz CT molecular complexity index is 1410. The van der Waals surface area contributed by atoms with Gasteiger partial charge >= 0.3 is 5.69 Å². The summed E-state index contributed by atoms with van der Waals surface area (Å²) in [5, 5.41) is 14.2. The molecule has 4 rings (SSSR count). The summed E-state index contributed by atoms with van der Waals surface area (Å²) in [5.74, 6) is -0.662. The monoisotopic (exact) mass is 523 g/mol. The molecule has 0 unspecified atom stereocenters. The zero-order valence-corrected chi connectivity index (χ0v) is 20.3. The maximum Gasteiger partial charge on any atom is 0.310 e. The first-order chi connectivity index (χ1) is 17.3. The Labute approximate surface area is 216 Å². The van der Waals surface area contributed by atoms with Crippen LogP contribution in [-0.4, -0.2) is 29.0 Å². The third-order valence-corrected chi connectivity index (χ3v) is 5.78. The van der Waals surface area contributed by atoms with E-state index in [4.69, 9.17) is 33.3 Å². The van der Waals surface area contributed by atoms with Gasteiger partial charge in [-0.3, -0.25) is 29.9 Å². The molecule has 0 radical (unpaired) electrons. The van der Waals surface area contributed by atoms with Crippen LogP contribution in [0.5, 0.6) is 11.5 Å². The van der Waals surface area contributed by atoms with E-state index < -0.39 is 16.7 Å². The predicted molar refractivity (Wildman–Crippen MR) is 138 cm³/mol. The third kappa shape index (κ3) is 5.19. The summed E-state index contributed by atoms with van der Waals surface area (Å²) in [6.45, 7) is -0.0494. The molecule has 182 valence electrons. The SMILES string of the molecule is COc1ccc(C=C2C(=O)NC(=S)N(c3ccc(Cl)cc3)C2=O)cc1COc1ccccc1[N+](=O)[O-]. The zero-order chi connectivity index (χ0) is 25.8. The lowest BCUT2D eigenvalue weighted by molar-refractivity contribution is -0.385. The van der Waals surface area contributed by atoms with E-state index >= 15 is 0 Å². The fourth-order valence-corrected chi connectivity index (χ4v) is 3.94. The molecular formula is C25H18ClN3O6S. The van der Waals surface area contributed by atoms with Crippen molar-refractivity contribution in [2.75, 3.05) is 12.0 Å².